The van der Waals surface area contributed by atoms with Gasteiger partial charge in [0.15, 0.2) is 0 Å². The molecule has 0 atom stereocenters. The van der Waals surface area contributed by atoms with Gasteiger partial charge in [-0.2, -0.15) is 23.4 Å². The van der Waals surface area contributed by atoms with E-state index in [1.807, 2.05) is 0 Å². The molecule has 0 aliphatic heterocycles. The van der Waals surface area contributed by atoms with Crippen LogP contribution >= 0.6 is 11.6 Å². The summed E-state index contributed by atoms with van der Waals surface area (Å²) in [5.74, 6) is 0. The maximum absolute atomic E-state index is 12.8. The van der Waals surface area contributed by atoms with Crippen LogP contribution < -0.4 is 0 Å². The van der Waals surface area contributed by atoms with Gasteiger partial charge in [-0.05, 0) is 12.1 Å². The average molecular weight is 259 g/mol. The third-order valence-corrected chi connectivity index (χ3v) is 2.34. The van der Waals surface area contributed by atoms with Crippen LogP contribution in [-0.2, 0) is 6.18 Å². The molecule has 1 aromatic heterocycles. The van der Waals surface area contributed by atoms with E-state index in [4.69, 9.17) is 11.6 Å². The van der Waals surface area contributed by atoms with E-state index in [2.05, 4.69) is 10.2 Å². The number of benzene rings is 1. The summed E-state index contributed by atoms with van der Waals surface area (Å²) in [4.78, 5) is 0. The third-order valence-electron chi connectivity index (χ3n) is 2.13. The van der Waals surface area contributed by atoms with Crippen LogP contribution in [0.5, 0.6) is 0 Å². The lowest BCUT2D eigenvalue weighted by Gasteiger charge is -2.11. The quantitative estimate of drug-likeness (QED) is 0.777. The van der Waals surface area contributed by atoms with Crippen molar-refractivity contribution in [1.29, 1.82) is 0 Å². The lowest BCUT2D eigenvalue weighted by molar-refractivity contribution is -0.137. The standard InChI is InChI=1S/C11H6ClF3N2/c12-7-5-10(17-16-6-7)8-3-1-2-4-9(8)11(13,14)15/h1-6H. The van der Waals surface area contributed by atoms with Crippen molar-refractivity contribution >= 4 is 11.6 Å². The molecule has 0 saturated heterocycles. The van der Waals surface area contributed by atoms with Crippen LogP contribution in [0.2, 0.25) is 5.02 Å². The maximum atomic E-state index is 12.8. The van der Waals surface area contributed by atoms with E-state index >= 15 is 0 Å². The molecule has 2 aromatic rings. The molecule has 17 heavy (non-hydrogen) atoms. The van der Waals surface area contributed by atoms with Crippen LogP contribution in [0.15, 0.2) is 36.5 Å². The lowest BCUT2D eigenvalue weighted by Crippen LogP contribution is -2.07. The molecule has 0 fully saturated rings. The van der Waals surface area contributed by atoms with Crippen molar-refractivity contribution in [2.24, 2.45) is 0 Å². The van der Waals surface area contributed by atoms with Gasteiger partial charge >= 0.3 is 6.18 Å². The number of alkyl halides is 3. The first-order valence-corrected chi connectivity index (χ1v) is 5.01. The Morgan fingerprint density at radius 3 is 2.47 bits per heavy atom. The fraction of sp³-hybridized carbons (Fsp3) is 0.0909. The van der Waals surface area contributed by atoms with Gasteiger partial charge in [0, 0.05) is 5.56 Å². The Kier molecular flexibility index (Phi) is 3.02. The van der Waals surface area contributed by atoms with Crippen molar-refractivity contribution in [2.45, 2.75) is 6.18 Å². The zero-order valence-corrected chi connectivity index (χ0v) is 9.13. The van der Waals surface area contributed by atoms with Crippen molar-refractivity contribution in [2.75, 3.05) is 0 Å². The molecule has 88 valence electrons. The van der Waals surface area contributed by atoms with Crippen molar-refractivity contribution in [3.8, 4) is 11.3 Å². The summed E-state index contributed by atoms with van der Waals surface area (Å²) in [6.45, 7) is 0. The van der Waals surface area contributed by atoms with Crippen molar-refractivity contribution in [3.63, 3.8) is 0 Å². The second-order valence-electron chi connectivity index (χ2n) is 3.30. The number of halogens is 4. The summed E-state index contributed by atoms with van der Waals surface area (Å²) in [6, 6.07) is 6.51. The maximum Gasteiger partial charge on any atom is 0.417 e. The molecule has 0 radical (unpaired) electrons. The second-order valence-corrected chi connectivity index (χ2v) is 3.74. The van der Waals surface area contributed by atoms with E-state index in [9.17, 15) is 13.2 Å². The highest BCUT2D eigenvalue weighted by atomic mass is 35.5. The zero-order chi connectivity index (χ0) is 12.5. The van der Waals surface area contributed by atoms with Crippen LogP contribution in [0.4, 0.5) is 13.2 Å². The molecule has 0 saturated carbocycles. The summed E-state index contributed by atoms with van der Waals surface area (Å²) in [7, 11) is 0. The Labute approximate surface area is 100 Å². The normalized spacial score (nSPS) is 11.5. The van der Waals surface area contributed by atoms with Gasteiger partial charge in [0.05, 0.1) is 22.5 Å². The van der Waals surface area contributed by atoms with Gasteiger partial charge in [0.1, 0.15) is 0 Å². The molecular weight excluding hydrogens is 253 g/mol. The van der Waals surface area contributed by atoms with Gasteiger partial charge < -0.3 is 0 Å². The van der Waals surface area contributed by atoms with Crippen LogP contribution in [0.3, 0.4) is 0 Å². The summed E-state index contributed by atoms with van der Waals surface area (Å²) in [5.41, 5.74) is -0.683. The van der Waals surface area contributed by atoms with Gasteiger partial charge in [0.2, 0.25) is 0 Å². The Morgan fingerprint density at radius 1 is 1.12 bits per heavy atom. The summed E-state index contributed by atoms with van der Waals surface area (Å²) in [6.07, 6.45) is -3.16. The lowest BCUT2D eigenvalue weighted by atomic mass is 10.0. The Bertz CT molecular complexity index is 540. The fourth-order valence-electron chi connectivity index (χ4n) is 1.43. The summed E-state index contributed by atoms with van der Waals surface area (Å²) >= 11 is 5.68. The molecule has 0 spiro atoms. The SMILES string of the molecule is FC(F)(F)c1ccccc1-c1cc(Cl)cnn1. The number of hydrogen-bond donors (Lipinski definition) is 0. The fourth-order valence-corrected chi connectivity index (χ4v) is 1.58. The smallest absolute Gasteiger partial charge is 0.166 e. The molecule has 2 nitrogen and oxygen atoms in total. The minimum atomic E-state index is -4.43. The van der Waals surface area contributed by atoms with E-state index < -0.39 is 11.7 Å². The molecule has 0 N–H and O–H groups in total. The Balaban J connectivity index is 2.60. The van der Waals surface area contributed by atoms with E-state index in [1.54, 1.807) is 0 Å². The first-order chi connectivity index (χ1) is 7.98. The van der Waals surface area contributed by atoms with Crippen LogP contribution in [-0.4, -0.2) is 10.2 Å². The van der Waals surface area contributed by atoms with E-state index in [0.717, 1.165) is 6.07 Å². The molecular formula is C11H6ClF3N2. The van der Waals surface area contributed by atoms with Crippen LogP contribution in [0.1, 0.15) is 5.56 Å². The number of rotatable bonds is 1. The highest BCUT2D eigenvalue weighted by Gasteiger charge is 2.33. The molecule has 1 heterocycles. The minimum absolute atomic E-state index is 0.0324. The largest absolute Gasteiger partial charge is 0.417 e. The van der Waals surface area contributed by atoms with Gasteiger partial charge in [-0.25, -0.2) is 0 Å². The van der Waals surface area contributed by atoms with Crippen molar-refractivity contribution in [3.05, 3.63) is 47.1 Å². The highest BCUT2D eigenvalue weighted by molar-refractivity contribution is 6.30. The molecule has 0 bridgehead atoms. The van der Waals surface area contributed by atoms with E-state index in [1.165, 1.54) is 30.5 Å². The number of nitrogens with zero attached hydrogens (tertiary/aromatic N) is 2. The number of aromatic nitrogens is 2. The molecule has 0 amide bonds. The van der Waals surface area contributed by atoms with Crippen molar-refractivity contribution in [1.82, 2.24) is 10.2 Å². The van der Waals surface area contributed by atoms with Crippen molar-refractivity contribution < 1.29 is 13.2 Å². The zero-order valence-electron chi connectivity index (χ0n) is 8.37. The second kappa shape index (κ2) is 4.33. The summed E-state index contributed by atoms with van der Waals surface area (Å²) < 4.78 is 38.3. The predicted molar refractivity (Wildman–Crippen MR) is 57.5 cm³/mol. The van der Waals surface area contributed by atoms with Gasteiger partial charge in [-0.1, -0.05) is 29.8 Å². The molecule has 1 aromatic carbocycles. The average Bonchev–Trinajstić information content (AvgIpc) is 2.28. The molecule has 6 heteroatoms. The first kappa shape index (κ1) is 11.9. The highest BCUT2D eigenvalue weighted by Crippen LogP contribution is 2.36. The molecule has 0 aliphatic rings. The first-order valence-electron chi connectivity index (χ1n) is 4.63. The predicted octanol–water partition coefficient (Wildman–Crippen LogP) is 3.82. The van der Waals surface area contributed by atoms with Crippen LogP contribution in [0, 0.1) is 0 Å². The number of hydrogen-bond acceptors (Lipinski definition) is 2. The third kappa shape index (κ3) is 2.55. The Hall–Kier alpha value is -1.62. The summed E-state index contributed by atoms with van der Waals surface area (Å²) in [5, 5.41) is 7.43. The topological polar surface area (TPSA) is 25.8 Å². The minimum Gasteiger partial charge on any atom is -0.166 e. The van der Waals surface area contributed by atoms with E-state index in [-0.39, 0.29) is 16.3 Å². The molecule has 2 rings (SSSR count). The van der Waals surface area contributed by atoms with Gasteiger partial charge in [-0.3, -0.25) is 0 Å². The van der Waals surface area contributed by atoms with Crippen LogP contribution in [0.25, 0.3) is 11.3 Å². The van der Waals surface area contributed by atoms with Gasteiger partial charge in [-0.15, -0.1) is 0 Å². The molecule has 0 unspecified atom stereocenters. The van der Waals surface area contributed by atoms with Gasteiger partial charge in [0.25, 0.3) is 0 Å². The Morgan fingerprint density at radius 2 is 1.82 bits per heavy atom. The van der Waals surface area contributed by atoms with E-state index in [0.29, 0.717) is 0 Å². The molecule has 0 aliphatic carbocycles. The monoisotopic (exact) mass is 258 g/mol.